The van der Waals surface area contributed by atoms with E-state index in [1.807, 2.05) is 12.1 Å². The van der Waals surface area contributed by atoms with Gasteiger partial charge in [0.15, 0.2) is 5.96 Å². The maximum Gasteiger partial charge on any atom is 0.191 e. The number of ether oxygens (including phenoxy) is 1. The van der Waals surface area contributed by atoms with Gasteiger partial charge in [0, 0.05) is 39.8 Å². The minimum atomic E-state index is 0. The summed E-state index contributed by atoms with van der Waals surface area (Å²) in [5.74, 6) is 1.17. The van der Waals surface area contributed by atoms with Crippen LogP contribution < -0.4 is 10.6 Å². The summed E-state index contributed by atoms with van der Waals surface area (Å²) in [6.07, 6.45) is 2.01. The lowest BCUT2D eigenvalue weighted by molar-refractivity contribution is 0.0389. The summed E-state index contributed by atoms with van der Waals surface area (Å²) in [6.45, 7) is 6.47. The zero-order chi connectivity index (χ0) is 16.3. The molecule has 0 aliphatic carbocycles. The van der Waals surface area contributed by atoms with Gasteiger partial charge in [-0.05, 0) is 30.5 Å². The highest BCUT2D eigenvalue weighted by atomic mass is 127. The highest BCUT2D eigenvalue weighted by Gasteiger charge is 2.09. The summed E-state index contributed by atoms with van der Waals surface area (Å²) >= 11 is 0. The standard InChI is InChI=1S/C17H28N4O2.HI/c1-18-17(20-9-10-21-11-13-23-14-12-21)19-8-2-3-15-4-6-16(22)7-5-15;/h4-7,22H,2-3,8-14H2,1H3,(H2,18,19,20);1H. The molecule has 1 aliphatic rings. The molecule has 1 aromatic carbocycles. The Kier molecular flexibility index (Phi) is 10.8. The number of morpholine rings is 1. The van der Waals surface area contributed by atoms with E-state index in [1.54, 1.807) is 19.2 Å². The van der Waals surface area contributed by atoms with Gasteiger partial charge in [-0.1, -0.05) is 12.1 Å². The molecule has 0 unspecified atom stereocenters. The van der Waals surface area contributed by atoms with E-state index in [0.717, 1.165) is 64.7 Å². The van der Waals surface area contributed by atoms with Crippen LogP contribution in [0.25, 0.3) is 0 Å². The number of benzene rings is 1. The molecule has 0 radical (unpaired) electrons. The monoisotopic (exact) mass is 448 g/mol. The normalized spacial score (nSPS) is 15.6. The lowest BCUT2D eigenvalue weighted by atomic mass is 10.1. The Morgan fingerprint density at radius 2 is 1.83 bits per heavy atom. The molecule has 0 atom stereocenters. The van der Waals surface area contributed by atoms with Crippen molar-refractivity contribution < 1.29 is 9.84 Å². The van der Waals surface area contributed by atoms with E-state index >= 15 is 0 Å². The van der Waals surface area contributed by atoms with Crippen molar-refractivity contribution in [2.75, 3.05) is 53.0 Å². The van der Waals surface area contributed by atoms with E-state index in [1.165, 1.54) is 5.56 Å². The van der Waals surface area contributed by atoms with Gasteiger partial charge in [-0.15, -0.1) is 24.0 Å². The Hall–Kier alpha value is -1.06. The molecule has 6 nitrogen and oxygen atoms in total. The zero-order valence-electron chi connectivity index (χ0n) is 14.3. The number of nitrogens with zero attached hydrogens (tertiary/aromatic N) is 2. The quantitative estimate of drug-likeness (QED) is 0.255. The van der Waals surface area contributed by atoms with E-state index in [-0.39, 0.29) is 24.0 Å². The van der Waals surface area contributed by atoms with Crippen molar-refractivity contribution >= 4 is 29.9 Å². The first-order valence-electron chi connectivity index (χ1n) is 8.30. The number of halogens is 1. The van der Waals surface area contributed by atoms with E-state index in [2.05, 4.69) is 20.5 Å². The number of rotatable bonds is 7. The Bertz CT molecular complexity index is 476. The first-order chi connectivity index (χ1) is 11.3. The van der Waals surface area contributed by atoms with Gasteiger partial charge in [-0.3, -0.25) is 9.89 Å². The number of aliphatic imine (C=N–C) groups is 1. The van der Waals surface area contributed by atoms with E-state index in [4.69, 9.17) is 4.74 Å². The summed E-state index contributed by atoms with van der Waals surface area (Å²) in [5, 5.41) is 15.9. The lowest BCUT2D eigenvalue weighted by Crippen LogP contribution is -2.44. The number of hydrogen-bond donors (Lipinski definition) is 3. The molecule has 0 saturated carbocycles. The summed E-state index contributed by atoms with van der Waals surface area (Å²) < 4.78 is 5.34. The van der Waals surface area contributed by atoms with Crippen molar-refractivity contribution in [2.24, 2.45) is 4.99 Å². The van der Waals surface area contributed by atoms with Crippen molar-refractivity contribution in [3.05, 3.63) is 29.8 Å². The molecule has 1 aliphatic heterocycles. The molecule has 2 rings (SSSR count). The molecule has 136 valence electrons. The van der Waals surface area contributed by atoms with Crippen LogP contribution in [0.1, 0.15) is 12.0 Å². The van der Waals surface area contributed by atoms with E-state index in [9.17, 15) is 5.11 Å². The number of guanidine groups is 1. The van der Waals surface area contributed by atoms with Crippen LogP contribution in [0.5, 0.6) is 5.75 Å². The maximum atomic E-state index is 9.26. The molecule has 24 heavy (non-hydrogen) atoms. The Balaban J connectivity index is 0.00000288. The molecule has 1 saturated heterocycles. The minimum absolute atomic E-state index is 0. The van der Waals surface area contributed by atoms with Gasteiger partial charge < -0.3 is 20.5 Å². The van der Waals surface area contributed by atoms with Crippen LogP contribution in [0.2, 0.25) is 0 Å². The van der Waals surface area contributed by atoms with Crippen molar-refractivity contribution in [1.29, 1.82) is 0 Å². The molecule has 7 heteroatoms. The Labute approximate surface area is 161 Å². The zero-order valence-corrected chi connectivity index (χ0v) is 16.7. The number of aromatic hydroxyl groups is 1. The van der Waals surface area contributed by atoms with Gasteiger partial charge in [0.2, 0.25) is 0 Å². The average Bonchev–Trinajstić information content (AvgIpc) is 2.59. The van der Waals surface area contributed by atoms with Gasteiger partial charge in [0.05, 0.1) is 13.2 Å². The summed E-state index contributed by atoms with van der Waals surface area (Å²) in [7, 11) is 1.80. The molecule has 1 aromatic rings. The third kappa shape index (κ3) is 8.16. The fourth-order valence-electron chi connectivity index (χ4n) is 2.54. The molecule has 1 heterocycles. The number of nitrogens with one attached hydrogen (secondary N) is 2. The van der Waals surface area contributed by atoms with Crippen LogP contribution in [0.4, 0.5) is 0 Å². The molecular formula is C17H29IN4O2. The predicted molar refractivity (Wildman–Crippen MR) is 108 cm³/mol. The number of phenolic OH excluding ortho intramolecular Hbond substituents is 1. The second-order valence-electron chi connectivity index (χ2n) is 5.65. The molecule has 0 aromatic heterocycles. The minimum Gasteiger partial charge on any atom is -0.508 e. The van der Waals surface area contributed by atoms with E-state index < -0.39 is 0 Å². The van der Waals surface area contributed by atoms with Crippen LogP contribution in [-0.4, -0.2) is 69.0 Å². The van der Waals surface area contributed by atoms with Gasteiger partial charge in [0.1, 0.15) is 5.75 Å². The van der Waals surface area contributed by atoms with Crippen molar-refractivity contribution in [3.63, 3.8) is 0 Å². The second kappa shape index (κ2) is 12.3. The lowest BCUT2D eigenvalue weighted by Gasteiger charge is -2.26. The SMILES string of the molecule is CN=C(NCCCc1ccc(O)cc1)NCCN1CCOCC1.I. The van der Waals surface area contributed by atoms with Crippen LogP contribution in [0.15, 0.2) is 29.3 Å². The predicted octanol–water partition coefficient (Wildman–Crippen LogP) is 1.44. The number of aryl methyl sites for hydroxylation is 1. The van der Waals surface area contributed by atoms with Crippen LogP contribution in [-0.2, 0) is 11.2 Å². The van der Waals surface area contributed by atoms with Gasteiger partial charge >= 0.3 is 0 Å². The molecule has 0 amide bonds. The van der Waals surface area contributed by atoms with Gasteiger partial charge in [-0.25, -0.2) is 0 Å². The first-order valence-corrected chi connectivity index (χ1v) is 8.30. The third-order valence-electron chi connectivity index (χ3n) is 3.92. The first kappa shape index (κ1) is 21.0. The van der Waals surface area contributed by atoms with Crippen LogP contribution >= 0.6 is 24.0 Å². The van der Waals surface area contributed by atoms with Crippen LogP contribution in [0.3, 0.4) is 0 Å². The third-order valence-corrected chi connectivity index (χ3v) is 3.92. The average molecular weight is 448 g/mol. The molecule has 0 bridgehead atoms. The van der Waals surface area contributed by atoms with Gasteiger partial charge in [0.25, 0.3) is 0 Å². The van der Waals surface area contributed by atoms with Crippen molar-refractivity contribution in [2.45, 2.75) is 12.8 Å². The Morgan fingerprint density at radius 3 is 2.50 bits per heavy atom. The van der Waals surface area contributed by atoms with Gasteiger partial charge in [-0.2, -0.15) is 0 Å². The molecule has 1 fully saturated rings. The van der Waals surface area contributed by atoms with Crippen LogP contribution in [0, 0.1) is 0 Å². The highest BCUT2D eigenvalue weighted by molar-refractivity contribution is 14.0. The van der Waals surface area contributed by atoms with Crippen molar-refractivity contribution in [3.8, 4) is 5.75 Å². The largest absolute Gasteiger partial charge is 0.508 e. The number of hydrogen-bond acceptors (Lipinski definition) is 4. The molecule has 3 N–H and O–H groups in total. The second-order valence-corrected chi connectivity index (χ2v) is 5.65. The smallest absolute Gasteiger partial charge is 0.191 e. The summed E-state index contributed by atoms with van der Waals surface area (Å²) in [6, 6.07) is 7.39. The summed E-state index contributed by atoms with van der Waals surface area (Å²) in [4.78, 5) is 6.64. The van der Waals surface area contributed by atoms with Crippen molar-refractivity contribution in [1.82, 2.24) is 15.5 Å². The van der Waals surface area contributed by atoms with E-state index in [0.29, 0.717) is 5.75 Å². The molecular weight excluding hydrogens is 419 g/mol. The Morgan fingerprint density at radius 1 is 1.17 bits per heavy atom. The maximum absolute atomic E-state index is 9.26. The topological polar surface area (TPSA) is 69.1 Å². The highest BCUT2D eigenvalue weighted by Crippen LogP contribution is 2.10. The number of phenols is 1. The fraction of sp³-hybridized carbons (Fsp3) is 0.588. The summed E-state index contributed by atoms with van der Waals surface area (Å²) in [5.41, 5.74) is 1.24. The fourth-order valence-corrected chi connectivity index (χ4v) is 2.54. The molecule has 0 spiro atoms.